The molecule has 0 aliphatic carbocycles. The van der Waals surface area contributed by atoms with Crippen LogP contribution < -0.4 is 5.32 Å². The van der Waals surface area contributed by atoms with E-state index < -0.39 is 9.84 Å². The highest BCUT2D eigenvalue weighted by molar-refractivity contribution is 7.91. The average Bonchev–Trinajstić information content (AvgIpc) is 2.63. The summed E-state index contributed by atoms with van der Waals surface area (Å²) in [6.07, 6.45) is 5.53. The molecule has 0 aromatic heterocycles. The number of hydrogen-bond donors (Lipinski definition) is 1. The highest BCUT2D eigenvalue weighted by atomic mass is 32.2. The molecule has 0 aromatic carbocycles. The number of sulfone groups is 1. The lowest BCUT2D eigenvalue weighted by Crippen LogP contribution is -2.37. The maximum Gasteiger partial charge on any atom is 0.150 e. The Morgan fingerprint density at radius 1 is 1.28 bits per heavy atom. The van der Waals surface area contributed by atoms with Crippen LogP contribution in [0.2, 0.25) is 0 Å². The van der Waals surface area contributed by atoms with E-state index >= 15 is 0 Å². The molecule has 1 rings (SSSR count). The van der Waals surface area contributed by atoms with E-state index in [1.165, 1.54) is 12.8 Å². The standard InChI is InChI=1S/C14H29NO2S/c1-4-9-15-14(7-5-6-12(2)3)13-8-10-18(16,17)11-13/h12-15H,4-11H2,1-3H3. The first kappa shape index (κ1) is 16.0. The number of nitrogens with one attached hydrogen (secondary N) is 1. The van der Waals surface area contributed by atoms with Crippen molar-refractivity contribution >= 4 is 9.84 Å². The Morgan fingerprint density at radius 3 is 2.50 bits per heavy atom. The zero-order valence-electron chi connectivity index (χ0n) is 12.1. The third-order valence-electron chi connectivity index (χ3n) is 3.79. The van der Waals surface area contributed by atoms with Crippen molar-refractivity contribution < 1.29 is 8.42 Å². The minimum absolute atomic E-state index is 0.341. The van der Waals surface area contributed by atoms with Gasteiger partial charge in [0.05, 0.1) is 11.5 Å². The van der Waals surface area contributed by atoms with E-state index in [9.17, 15) is 8.42 Å². The molecule has 4 heteroatoms. The summed E-state index contributed by atoms with van der Waals surface area (Å²) in [6.45, 7) is 7.65. The summed E-state index contributed by atoms with van der Waals surface area (Å²) < 4.78 is 23.1. The monoisotopic (exact) mass is 275 g/mol. The van der Waals surface area contributed by atoms with Crippen LogP contribution in [0.15, 0.2) is 0 Å². The van der Waals surface area contributed by atoms with Gasteiger partial charge in [0.15, 0.2) is 9.84 Å². The summed E-state index contributed by atoms with van der Waals surface area (Å²) in [7, 11) is -2.75. The Kier molecular flexibility index (Phi) is 6.64. The van der Waals surface area contributed by atoms with Gasteiger partial charge in [-0.25, -0.2) is 8.42 Å². The molecule has 1 heterocycles. The van der Waals surface area contributed by atoms with Crippen molar-refractivity contribution in [2.45, 2.75) is 58.9 Å². The van der Waals surface area contributed by atoms with E-state index in [0.717, 1.165) is 31.7 Å². The smallest absolute Gasteiger partial charge is 0.150 e. The second-order valence-electron chi connectivity index (χ2n) is 6.05. The highest BCUT2D eigenvalue weighted by Crippen LogP contribution is 2.25. The van der Waals surface area contributed by atoms with E-state index in [4.69, 9.17) is 0 Å². The molecule has 3 nitrogen and oxygen atoms in total. The maximum atomic E-state index is 11.6. The molecule has 108 valence electrons. The third-order valence-corrected chi connectivity index (χ3v) is 5.58. The van der Waals surface area contributed by atoms with Gasteiger partial charge in [0.1, 0.15) is 0 Å². The summed E-state index contributed by atoms with van der Waals surface area (Å²) in [5, 5.41) is 3.56. The van der Waals surface area contributed by atoms with Crippen molar-refractivity contribution in [3.8, 4) is 0 Å². The lowest BCUT2D eigenvalue weighted by Gasteiger charge is -2.24. The molecule has 0 amide bonds. The lowest BCUT2D eigenvalue weighted by atomic mass is 9.93. The zero-order chi connectivity index (χ0) is 13.6. The molecule has 0 aromatic rings. The molecule has 0 spiro atoms. The quantitative estimate of drug-likeness (QED) is 0.740. The van der Waals surface area contributed by atoms with E-state index in [-0.39, 0.29) is 0 Å². The predicted octanol–water partition coefficient (Wildman–Crippen LogP) is 2.62. The molecule has 1 aliphatic heterocycles. The van der Waals surface area contributed by atoms with E-state index in [2.05, 4.69) is 26.1 Å². The summed E-state index contributed by atoms with van der Waals surface area (Å²) in [5.74, 6) is 1.88. The van der Waals surface area contributed by atoms with Gasteiger partial charge in [-0.2, -0.15) is 0 Å². The van der Waals surface area contributed by atoms with Gasteiger partial charge in [0, 0.05) is 6.04 Å². The van der Waals surface area contributed by atoms with Crippen LogP contribution in [0.4, 0.5) is 0 Å². The zero-order valence-corrected chi connectivity index (χ0v) is 12.9. The molecular weight excluding hydrogens is 246 g/mol. The second kappa shape index (κ2) is 7.49. The molecule has 1 saturated heterocycles. The third kappa shape index (κ3) is 5.70. The Labute approximate surface area is 113 Å². The predicted molar refractivity (Wildman–Crippen MR) is 77.5 cm³/mol. The van der Waals surface area contributed by atoms with E-state index in [1.807, 2.05) is 0 Å². The van der Waals surface area contributed by atoms with Gasteiger partial charge in [-0.1, -0.05) is 33.6 Å². The number of hydrogen-bond acceptors (Lipinski definition) is 3. The maximum absolute atomic E-state index is 11.6. The molecule has 1 aliphatic rings. The SMILES string of the molecule is CCCNC(CCCC(C)C)C1CCS(=O)(=O)C1. The fourth-order valence-electron chi connectivity index (χ4n) is 2.72. The van der Waals surface area contributed by atoms with Crippen LogP contribution in [0.3, 0.4) is 0 Å². The Hall–Kier alpha value is -0.0900. The number of rotatable bonds is 8. The Balaban J connectivity index is 2.45. The molecule has 1 N–H and O–H groups in total. The molecule has 0 saturated carbocycles. The minimum atomic E-state index is -2.75. The van der Waals surface area contributed by atoms with Gasteiger partial charge < -0.3 is 5.32 Å². The van der Waals surface area contributed by atoms with Crippen molar-refractivity contribution in [3.63, 3.8) is 0 Å². The Bertz CT molecular complexity index is 325. The largest absolute Gasteiger partial charge is 0.314 e. The van der Waals surface area contributed by atoms with Crippen LogP contribution in [0.1, 0.15) is 52.9 Å². The van der Waals surface area contributed by atoms with Gasteiger partial charge in [-0.3, -0.25) is 0 Å². The van der Waals surface area contributed by atoms with Crippen LogP contribution in [0.5, 0.6) is 0 Å². The first-order chi connectivity index (χ1) is 8.44. The molecule has 0 bridgehead atoms. The molecule has 2 unspecified atom stereocenters. The lowest BCUT2D eigenvalue weighted by molar-refractivity contribution is 0.344. The normalized spacial score (nSPS) is 24.6. The van der Waals surface area contributed by atoms with Crippen LogP contribution in [0, 0.1) is 11.8 Å². The topological polar surface area (TPSA) is 46.2 Å². The van der Waals surface area contributed by atoms with Gasteiger partial charge in [0.2, 0.25) is 0 Å². The van der Waals surface area contributed by atoms with Crippen molar-refractivity contribution in [1.29, 1.82) is 0 Å². The fraction of sp³-hybridized carbons (Fsp3) is 1.00. The summed E-state index contributed by atoms with van der Waals surface area (Å²) >= 11 is 0. The molecule has 18 heavy (non-hydrogen) atoms. The van der Waals surface area contributed by atoms with Crippen molar-refractivity contribution in [2.75, 3.05) is 18.1 Å². The van der Waals surface area contributed by atoms with E-state index in [1.54, 1.807) is 0 Å². The summed E-state index contributed by atoms with van der Waals surface area (Å²) in [5.41, 5.74) is 0. The van der Waals surface area contributed by atoms with Crippen molar-refractivity contribution in [1.82, 2.24) is 5.32 Å². The first-order valence-corrected chi connectivity index (χ1v) is 9.20. The van der Waals surface area contributed by atoms with Gasteiger partial charge >= 0.3 is 0 Å². The van der Waals surface area contributed by atoms with Crippen LogP contribution >= 0.6 is 0 Å². The molecule has 0 radical (unpaired) electrons. The van der Waals surface area contributed by atoms with Crippen LogP contribution in [-0.4, -0.2) is 32.5 Å². The molecule has 2 atom stereocenters. The summed E-state index contributed by atoms with van der Waals surface area (Å²) in [4.78, 5) is 0. The fourth-order valence-corrected chi connectivity index (χ4v) is 4.60. The van der Waals surface area contributed by atoms with Crippen LogP contribution in [0.25, 0.3) is 0 Å². The molecule has 1 fully saturated rings. The van der Waals surface area contributed by atoms with Gasteiger partial charge in [0.25, 0.3) is 0 Å². The average molecular weight is 275 g/mol. The van der Waals surface area contributed by atoms with Crippen molar-refractivity contribution in [2.24, 2.45) is 11.8 Å². The van der Waals surface area contributed by atoms with E-state index in [0.29, 0.717) is 23.5 Å². The van der Waals surface area contributed by atoms with Gasteiger partial charge in [-0.15, -0.1) is 0 Å². The van der Waals surface area contributed by atoms with Gasteiger partial charge in [-0.05, 0) is 37.6 Å². The van der Waals surface area contributed by atoms with Crippen LogP contribution in [-0.2, 0) is 9.84 Å². The molecular formula is C14H29NO2S. The van der Waals surface area contributed by atoms with Crippen molar-refractivity contribution in [3.05, 3.63) is 0 Å². The second-order valence-corrected chi connectivity index (χ2v) is 8.28. The minimum Gasteiger partial charge on any atom is -0.314 e. The summed E-state index contributed by atoms with van der Waals surface area (Å²) in [6, 6.07) is 0.404. The first-order valence-electron chi connectivity index (χ1n) is 7.38. The Morgan fingerprint density at radius 2 is 2.00 bits per heavy atom. The highest BCUT2D eigenvalue weighted by Gasteiger charge is 2.32.